The number of hydrogen-bond acceptors (Lipinski definition) is 6. The molecule has 1 heterocycles. The lowest BCUT2D eigenvalue weighted by molar-refractivity contribution is 0.0520. The number of hydrogen-bond donors (Lipinski definition) is 3. The van der Waals surface area contributed by atoms with Crippen LogP contribution in [0, 0.1) is 0 Å². The van der Waals surface area contributed by atoms with Crippen LogP contribution < -0.4 is 5.46 Å². The van der Waals surface area contributed by atoms with Gasteiger partial charge in [-0.1, -0.05) is 24.3 Å². The first-order chi connectivity index (χ1) is 9.13. The van der Waals surface area contributed by atoms with Gasteiger partial charge in [0, 0.05) is 5.56 Å². The van der Waals surface area contributed by atoms with Crippen molar-refractivity contribution in [3.8, 4) is 11.3 Å². The molecule has 0 bridgehead atoms. The van der Waals surface area contributed by atoms with Crippen LogP contribution in [0.2, 0.25) is 0 Å². The van der Waals surface area contributed by atoms with Gasteiger partial charge in [-0.2, -0.15) is 10.3 Å². The van der Waals surface area contributed by atoms with Crippen LogP contribution in [-0.2, 0) is 4.74 Å². The number of aromatic amines is 1. The molecule has 3 N–H and O–H groups in total. The number of rotatable bonds is 4. The second kappa shape index (κ2) is 5.64. The van der Waals surface area contributed by atoms with Gasteiger partial charge in [0.25, 0.3) is 0 Å². The van der Waals surface area contributed by atoms with Gasteiger partial charge in [-0.3, -0.25) is 0 Å². The molecule has 19 heavy (non-hydrogen) atoms. The summed E-state index contributed by atoms with van der Waals surface area (Å²) < 4.78 is 4.87. The second-order valence-electron chi connectivity index (χ2n) is 3.74. The summed E-state index contributed by atoms with van der Waals surface area (Å²) in [7, 11) is -1.53. The first-order valence-corrected chi connectivity index (χ1v) is 5.67. The third kappa shape index (κ3) is 2.80. The van der Waals surface area contributed by atoms with E-state index in [9.17, 15) is 4.79 Å². The summed E-state index contributed by atoms with van der Waals surface area (Å²) in [5.74, 6) is -0.558. The summed E-state index contributed by atoms with van der Waals surface area (Å²) in [4.78, 5) is 11.7. The molecule has 0 aliphatic rings. The fraction of sp³-hybridized carbons (Fsp3) is 0.182. The van der Waals surface area contributed by atoms with E-state index >= 15 is 0 Å². The van der Waals surface area contributed by atoms with Crippen molar-refractivity contribution in [2.45, 2.75) is 6.92 Å². The Morgan fingerprint density at radius 3 is 2.58 bits per heavy atom. The minimum Gasteiger partial charge on any atom is -0.461 e. The number of esters is 1. The molecule has 0 amide bonds. The summed E-state index contributed by atoms with van der Waals surface area (Å²) >= 11 is 0. The molecule has 1 aromatic carbocycles. The maximum absolute atomic E-state index is 11.7. The Labute approximate surface area is 109 Å². The van der Waals surface area contributed by atoms with E-state index in [2.05, 4.69) is 15.4 Å². The quantitative estimate of drug-likeness (QED) is 0.497. The number of ether oxygens (including phenoxy) is 1. The number of benzene rings is 1. The van der Waals surface area contributed by atoms with Gasteiger partial charge >= 0.3 is 13.1 Å². The Morgan fingerprint density at radius 2 is 2.00 bits per heavy atom. The summed E-state index contributed by atoms with van der Waals surface area (Å²) in [6.45, 7) is 1.95. The minimum absolute atomic E-state index is 0.0964. The van der Waals surface area contributed by atoms with Crippen molar-refractivity contribution in [1.29, 1.82) is 0 Å². The number of carbonyl (C=O) groups excluding carboxylic acids is 1. The lowest BCUT2D eigenvalue weighted by Crippen LogP contribution is -2.29. The zero-order chi connectivity index (χ0) is 13.8. The van der Waals surface area contributed by atoms with E-state index in [1.807, 2.05) is 0 Å². The number of nitrogens with zero attached hydrogens (tertiary/aromatic N) is 2. The molecule has 0 aliphatic heterocycles. The summed E-state index contributed by atoms with van der Waals surface area (Å²) in [6, 6.07) is 6.30. The van der Waals surface area contributed by atoms with E-state index in [1.165, 1.54) is 12.1 Å². The van der Waals surface area contributed by atoms with Crippen molar-refractivity contribution in [3.63, 3.8) is 0 Å². The predicted molar refractivity (Wildman–Crippen MR) is 67.6 cm³/mol. The Hall–Kier alpha value is -2.19. The molecule has 0 saturated carbocycles. The SMILES string of the molecule is CCOC(=O)c1n[nH]nc1-c1ccc(B(O)O)cc1. The highest BCUT2D eigenvalue weighted by molar-refractivity contribution is 6.58. The second-order valence-corrected chi connectivity index (χ2v) is 3.74. The van der Waals surface area contributed by atoms with Gasteiger partial charge in [0.05, 0.1) is 6.61 Å². The van der Waals surface area contributed by atoms with Crippen molar-refractivity contribution < 1.29 is 19.6 Å². The van der Waals surface area contributed by atoms with E-state index in [0.29, 0.717) is 16.7 Å². The van der Waals surface area contributed by atoms with E-state index in [1.54, 1.807) is 19.1 Å². The van der Waals surface area contributed by atoms with Gasteiger partial charge in [0.15, 0.2) is 5.69 Å². The van der Waals surface area contributed by atoms with Crippen LogP contribution in [0.25, 0.3) is 11.3 Å². The van der Waals surface area contributed by atoms with E-state index in [0.717, 1.165) is 0 Å². The van der Waals surface area contributed by atoms with Crippen molar-refractivity contribution in [1.82, 2.24) is 15.4 Å². The first-order valence-electron chi connectivity index (χ1n) is 5.67. The largest absolute Gasteiger partial charge is 0.488 e. The molecule has 1 aromatic heterocycles. The Bertz CT molecular complexity index is 568. The Kier molecular flexibility index (Phi) is 3.93. The highest BCUT2D eigenvalue weighted by Gasteiger charge is 2.19. The van der Waals surface area contributed by atoms with E-state index in [4.69, 9.17) is 14.8 Å². The van der Waals surface area contributed by atoms with Crippen molar-refractivity contribution in [2.24, 2.45) is 0 Å². The molecule has 2 rings (SSSR count). The van der Waals surface area contributed by atoms with Gasteiger partial charge in [-0.25, -0.2) is 4.79 Å². The molecule has 0 unspecified atom stereocenters. The van der Waals surface area contributed by atoms with Crippen LogP contribution in [0.15, 0.2) is 24.3 Å². The predicted octanol–water partition coefficient (Wildman–Crippen LogP) is -0.672. The van der Waals surface area contributed by atoms with Crippen molar-refractivity contribution >= 4 is 18.6 Å². The summed E-state index contributed by atoms with van der Waals surface area (Å²) in [6.07, 6.45) is 0. The molecule has 7 nitrogen and oxygen atoms in total. The number of H-pyrrole nitrogens is 1. The third-order valence-corrected chi connectivity index (χ3v) is 2.50. The van der Waals surface area contributed by atoms with Crippen LogP contribution >= 0.6 is 0 Å². The van der Waals surface area contributed by atoms with Crippen LogP contribution in [0.1, 0.15) is 17.4 Å². The Balaban J connectivity index is 2.32. The van der Waals surface area contributed by atoms with Crippen LogP contribution in [0.5, 0.6) is 0 Å². The standard InChI is InChI=1S/C11H12BN3O4/c1-2-19-11(16)10-9(13-15-14-10)7-3-5-8(6-4-7)12(17)18/h3-6,17-18H,2H2,1H3,(H,13,14,15). The molecule has 0 radical (unpaired) electrons. The molecule has 0 atom stereocenters. The zero-order valence-corrected chi connectivity index (χ0v) is 10.2. The Morgan fingerprint density at radius 1 is 1.32 bits per heavy atom. The molecular weight excluding hydrogens is 249 g/mol. The maximum Gasteiger partial charge on any atom is 0.488 e. The lowest BCUT2D eigenvalue weighted by atomic mass is 9.80. The fourth-order valence-electron chi connectivity index (χ4n) is 1.59. The average molecular weight is 261 g/mol. The molecule has 8 heteroatoms. The van der Waals surface area contributed by atoms with Crippen LogP contribution in [0.3, 0.4) is 0 Å². The van der Waals surface area contributed by atoms with Gasteiger partial charge in [0.2, 0.25) is 0 Å². The van der Waals surface area contributed by atoms with Gasteiger partial charge in [-0.15, -0.1) is 5.10 Å². The molecule has 2 aromatic rings. The lowest BCUT2D eigenvalue weighted by Gasteiger charge is -2.03. The zero-order valence-electron chi connectivity index (χ0n) is 10.2. The third-order valence-electron chi connectivity index (χ3n) is 2.50. The van der Waals surface area contributed by atoms with E-state index in [-0.39, 0.29) is 12.3 Å². The maximum atomic E-state index is 11.7. The minimum atomic E-state index is -1.53. The van der Waals surface area contributed by atoms with Crippen LogP contribution in [0.4, 0.5) is 0 Å². The van der Waals surface area contributed by atoms with Gasteiger partial charge < -0.3 is 14.8 Å². The smallest absolute Gasteiger partial charge is 0.461 e. The summed E-state index contributed by atoms with van der Waals surface area (Å²) in [5.41, 5.74) is 1.43. The fourth-order valence-corrected chi connectivity index (χ4v) is 1.59. The van der Waals surface area contributed by atoms with Crippen molar-refractivity contribution in [2.75, 3.05) is 6.61 Å². The molecule has 0 spiro atoms. The van der Waals surface area contributed by atoms with Gasteiger partial charge in [0.1, 0.15) is 5.69 Å². The normalized spacial score (nSPS) is 10.3. The molecule has 0 aliphatic carbocycles. The first kappa shape index (κ1) is 13.3. The number of carbonyl (C=O) groups is 1. The number of nitrogens with one attached hydrogen (secondary N) is 1. The highest BCUT2D eigenvalue weighted by Crippen LogP contribution is 2.19. The summed E-state index contributed by atoms with van der Waals surface area (Å²) in [5, 5.41) is 28.0. The molecule has 98 valence electrons. The molecular formula is C11H12BN3O4. The van der Waals surface area contributed by atoms with Crippen molar-refractivity contribution in [3.05, 3.63) is 30.0 Å². The number of aromatic nitrogens is 3. The highest BCUT2D eigenvalue weighted by atomic mass is 16.5. The molecule has 0 saturated heterocycles. The van der Waals surface area contributed by atoms with E-state index < -0.39 is 13.1 Å². The average Bonchev–Trinajstić information content (AvgIpc) is 2.88. The monoisotopic (exact) mass is 261 g/mol. The topological polar surface area (TPSA) is 108 Å². The van der Waals surface area contributed by atoms with Crippen LogP contribution in [-0.4, -0.2) is 45.2 Å². The molecule has 0 fully saturated rings. The van der Waals surface area contributed by atoms with Gasteiger partial charge in [-0.05, 0) is 12.4 Å².